The van der Waals surface area contributed by atoms with Crippen molar-refractivity contribution < 1.29 is 0 Å². The first-order valence-electron chi connectivity index (χ1n) is 7.37. The van der Waals surface area contributed by atoms with Gasteiger partial charge in [0, 0.05) is 44.6 Å². The van der Waals surface area contributed by atoms with Crippen LogP contribution in [0.3, 0.4) is 0 Å². The highest BCUT2D eigenvalue weighted by molar-refractivity contribution is 5.59. The van der Waals surface area contributed by atoms with E-state index < -0.39 is 0 Å². The third-order valence-corrected chi connectivity index (χ3v) is 4.08. The van der Waals surface area contributed by atoms with Crippen LogP contribution in [-0.2, 0) is 0 Å². The van der Waals surface area contributed by atoms with Crippen LogP contribution in [0.1, 0.15) is 20.3 Å². The average Bonchev–Trinajstić information content (AvgIpc) is 2.41. The van der Waals surface area contributed by atoms with Crippen LogP contribution < -0.4 is 15.1 Å². The molecule has 3 nitrogen and oxygen atoms in total. The fourth-order valence-corrected chi connectivity index (χ4v) is 2.91. The fraction of sp³-hybridized carbons (Fsp3) is 0.625. The SMILES string of the molecule is CCNC1CCN(c2cccc(N(C)C)c2)CC1C. The molecule has 2 atom stereocenters. The lowest BCUT2D eigenvalue weighted by Gasteiger charge is -2.39. The zero-order chi connectivity index (χ0) is 13.8. The van der Waals surface area contributed by atoms with Gasteiger partial charge in [-0.15, -0.1) is 0 Å². The maximum absolute atomic E-state index is 3.60. The van der Waals surface area contributed by atoms with E-state index in [1.807, 2.05) is 0 Å². The zero-order valence-corrected chi connectivity index (χ0v) is 12.7. The van der Waals surface area contributed by atoms with Gasteiger partial charge in [-0.25, -0.2) is 0 Å². The molecular formula is C16H27N3. The van der Waals surface area contributed by atoms with E-state index in [1.165, 1.54) is 17.8 Å². The second kappa shape index (κ2) is 6.29. The van der Waals surface area contributed by atoms with Crippen LogP contribution >= 0.6 is 0 Å². The molecule has 1 fully saturated rings. The molecule has 1 aromatic carbocycles. The summed E-state index contributed by atoms with van der Waals surface area (Å²) in [6.07, 6.45) is 1.24. The van der Waals surface area contributed by atoms with Crippen molar-refractivity contribution in [2.24, 2.45) is 5.92 Å². The molecule has 106 valence electrons. The van der Waals surface area contributed by atoms with Gasteiger partial charge >= 0.3 is 0 Å². The highest BCUT2D eigenvalue weighted by atomic mass is 15.2. The van der Waals surface area contributed by atoms with Gasteiger partial charge in [0.15, 0.2) is 0 Å². The third kappa shape index (κ3) is 3.41. The van der Waals surface area contributed by atoms with Crippen molar-refractivity contribution in [3.8, 4) is 0 Å². The molecule has 0 saturated carbocycles. The van der Waals surface area contributed by atoms with Crippen molar-refractivity contribution in [3.05, 3.63) is 24.3 Å². The standard InChI is InChI=1S/C16H27N3/c1-5-17-16-9-10-19(12-13(16)2)15-8-6-7-14(11-15)18(3)4/h6-8,11,13,16-17H,5,9-10,12H2,1-4H3. The van der Waals surface area contributed by atoms with Gasteiger partial charge in [-0.3, -0.25) is 0 Å². The summed E-state index contributed by atoms with van der Waals surface area (Å²) in [4.78, 5) is 4.68. The summed E-state index contributed by atoms with van der Waals surface area (Å²) in [6, 6.07) is 9.52. The Labute approximate surface area is 117 Å². The Kier molecular flexibility index (Phi) is 4.70. The van der Waals surface area contributed by atoms with Crippen LogP contribution in [0.25, 0.3) is 0 Å². The van der Waals surface area contributed by atoms with Gasteiger partial charge in [-0.2, -0.15) is 0 Å². The molecule has 0 spiro atoms. The van der Waals surface area contributed by atoms with E-state index in [-0.39, 0.29) is 0 Å². The smallest absolute Gasteiger partial charge is 0.0387 e. The van der Waals surface area contributed by atoms with Gasteiger partial charge in [0.2, 0.25) is 0 Å². The maximum atomic E-state index is 3.60. The number of piperidine rings is 1. The normalized spacial score (nSPS) is 23.5. The third-order valence-electron chi connectivity index (χ3n) is 4.08. The van der Waals surface area contributed by atoms with Crippen molar-refractivity contribution >= 4 is 11.4 Å². The predicted octanol–water partition coefficient (Wildman–Crippen LogP) is 2.58. The molecule has 0 radical (unpaired) electrons. The van der Waals surface area contributed by atoms with Crippen LogP contribution in [0.4, 0.5) is 11.4 Å². The summed E-state index contributed by atoms with van der Waals surface area (Å²) in [7, 11) is 4.19. The van der Waals surface area contributed by atoms with Crippen LogP contribution in [0.2, 0.25) is 0 Å². The van der Waals surface area contributed by atoms with Crippen LogP contribution in [0.15, 0.2) is 24.3 Å². The lowest BCUT2D eigenvalue weighted by Crippen LogP contribution is -2.48. The minimum Gasteiger partial charge on any atom is -0.378 e. The quantitative estimate of drug-likeness (QED) is 0.898. The molecule has 0 aliphatic carbocycles. The van der Waals surface area contributed by atoms with E-state index in [9.17, 15) is 0 Å². The van der Waals surface area contributed by atoms with E-state index in [1.54, 1.807) is 0 Å². The molecular weight excluding hydrogens is 234 g/mol. The molecule has 1 heterocycles. The van der Waals surface area contributed by atoms with Gasteiger partial charge in [0.25, 0.3) is 0 Å². The second-order valence-electron chi connectivity index (χ2n) is 5.79. The van der Waals surface area contributed by atoms with Gasteiger partial charge < -0.3 is 15.1 Å². The van der Waals surface area contributed by atoms with E-state index in [0.29, 0.717) is 12.0 Å². The van der Waals surface area contributed by atoms with Gasteiger partial charge in [-0.1, -0.05) is 19.9 Å². The van der Waals surface area contributed by atoms with Gasteiger partial charge in [0.1, 0.15) is 0 Å². The van der Waals surface area contributed by atoms with Crippen LogP contribution in [0.5, 0.6) is 0 Å². The van der Waals surface area contributed by atoms with E-state index in [0.717, 1.165) is 19.6 Å². The minimum atomic E-state index is 0.679. The van der Waals surface area contributed by atoms with Crippen molar-refractivity contribution in [2.75, 3.05) is 43.5 Å². The number of nitrogens with one attached hydrogen (secondary N) is 1. The Bertz CT molecular complexity index is 403. The second-order valence-corrected chi connectivity index (χ2v) is 5.79. The van der Waals surface area contributed by atoms with E-state index >= 15 is 0 Å². The van der Waals surface area contributed by atoms with Crippen molar-refractivity contribution in [1.29, 1.82) is 0 Å². The Balaban J connectivity index is 2.05. The summed E-state index contributed by atoms with van der Waals surface area (Å²) in [6.45, 7) is 7.92. The first kappa shape index (κ1) is 14.2. The Morgan fingerprint density at radius 2 is 2.16 bits per heavy atom. The van der Waals surface area contributed by atoms with Crippen LogP contribution in [-0.4, -0.2) is 39.8 Å². The molecule has 2 rings (SSSR count). The molecule has 0 bridgehead atoms. The monoisotopic (exact) mass is 261 g/mol. The summed E-state index contributed by atoms with van der Waals surface area (Å²) >= 11 is 0. The first-order chi connectivity index (χ1) is 9.11. The summed E-state index contributed by atoms with van der Waals surface area (Å²) in [5, 5.41) is 3.60. The molecule has 3 heteroatoms. The van der Waals surface area contributed by atoms with E-state index in [4.69, 9.17) is 0 Å². The molecule has 1 N–H and O–H groups in total. The Morgan fingerprint density at radius 3 is 2.79 bits per heavy atom. The van der Waals surface area contributed by atoms with E-state index in [2.05, 4.69) is 67.3 Å². The lowest BCUT2D eigenvalue weighted by molar-refractivity contribution is 0.327. The number of benzene rings is 1. The molecule has 1 saturated heterocycles. The summed E-state index contributed by atoms with van der Waals surface area (Å²) in [5.41, 5.74) is 2.63. The predicted molar refractivity (Wildman–Crippen MR) is 84.2 cm³/mol. The summed E-state index contributed by atoms with van der Waals surface area (Å²) < 4.78 is 0. The van der Waals surface area contributed by atoms with Crippen LogP contribution in [0, 0.1) is 5.92 Å². The molecule has 0 amide bonds. The number of hydrogen-bond donors (Lipinski definition) is 1. The average molecular weight is 261 g/mol. The highest BCUT2D eigenvalue weighted by Gasteiger charge is 2.25. The number of nitrogens with zero attached hydrogens (tertiary/aromatic N) is 2. The molecule has 19 heavy (non-hydrogen) atoms. The van der Waals surface area contributed by atoms with Gasteiger partial charge in [0.05, 0.1) is 0 Å². The van der Waals surface area contributed by atoms with Crippen molar-refractivity contribution in [1.82, 2.24) is 5.32 Å². The highest BCUT2D eigenvalue weighted by Crippen LogP contribution is 2.26. The van der Waals surface area contributed by atoms with Crippen molar-refractivity contribution in [3.63, 3.8) is 0 Å². The largest absolute Gasteiger partial charge is 0.378 e. The summed E-state index contributed by atoms with van der Waals surface area (Å²) in [5.74, 6) is 0.705. The Hall–Kier alpha value is -1.22. The first-order valence-corrected chi connectivity index (χ1v) is 7.37. The zero-order valence-electron chi connectivity index (χ0n) is 12.7. The minimum absolute atomic E-state index is 0.679. The maximum Gasteiger partial charge on any atom is 0.0387 e. The lowest BCUT2D eigenvalue weighted by atomic mass is 9.93. The number of anilines is 2. The molecule has 2 unspecified atom stereocenters. The molecule has 1 aliphatic heterocycles. The fourth-order valence-electron chi connectivity index (χ4n) is 2.91. The van der Waals surface area contributed by atoms with Crippen molar-refractivity contribution in [2.45, 2.75) is 26.3 Å². The molecule has 0 aromatic heterocycles. The number of hydrogen-bond acceptors (Lipinski definition) is 3. The topological polar surface area (TPSA) is 18.5 Å². The number of rotatable bonds is 4. The Morgan fingerprint density at radius 1 is 1.37 bits per heavy atom. The molecule has 1 aliphatic rings. The van der Waals surface area contributed by atoms with Gasteiger partial charge in [-0.05, 0) is 37.1 Å². The molecule has 1 aromatic rings.